The van der Waals surface area contributed by atoms with Crippen molar-refractivity contribution >= 4 is 11.7 Å². The summed E-state index contributed by atoms with van der Waals surface area (Å²) in [6.45, 7) is 4.80. The van der Waals surface area contributed by atoms with Crippen molar-refractivity contribution in [2.45, 2.75) is 64.3 Å². The van der Waals surface area contributed by atoms with Crippen LogP contribution in [0, 0.1) is 13.8 Å². The van der Waals surface area contributed by atoms with Crippen molar-refractivity contribution in [2.24, 2.45) is 0 Å². The molecule has 1 saturated carbocycles. The average molecular weight is 364 g/mol. The fourth-order valence-corrected chi connectivity index (χ4v) is 4.01. The summed E-state index contributed by atoms with van der Waals surface area (Å²) >= 11 is 0. The zero-order valence-corrected chi connectivity index (χ0v) is 16.2. The minimum absolute atomic E-state index is 0.0299. The number of anilines is 1. The number of urea groups is 1. The number of carbonyl (C=O) groups excluding carboxylic acids is 1. The smallest absolute Gasteiger partial charge is 0.317 e. The molecule has 0 spiro atoms. The van der Waals surface area contributed by atoms with Crippen LogP contribution in [-0.2, 0) is 0 Å². The molecule has 5 nitrogen and oxygen atoms in total. The number of rotatable bonds is 3. The molecule has 1 aliphatic heterocycles. The predicted octanol–water partition coefficient (Wildman–Crippen LogP) is 5.12. The van der Waals surface area contributed by atoms with Crippen molar-refractivity contribution in [1.82, 2.24) is 14.9 Å². The molecule has 27 heavy (non-hydrogen) atoms. The van der Waals surface area contributed by atoms with Gasteiger partial charge in [0.2, 0.25) is 0 Å². The van der Waals surface area contributed by atoms with E-state index < -0.39 is 0 Å². The molecule has 1 aliphatic carbocycles. The minimum Gasteiger partial charge on any atom is -0.317 e. The highest BCUT2D eigenvalue weighted by atomic mass is 16.2. The van der Waals surface area contributed by atoms with Crippen molar-refractivity contribution in [2.75, 3.05) is 11.9 Å². The minimum atomic E-state index is -0.0299. The summed E-state index contributed by atoms with van der Waals surface area (Å²) in [4.78, 5) is 24.1. The lowest BCUT2D eigenvalue weighted by atomic mass is 9.99. The molecule has 1 saturated heterocycles. The second-order valence-electron chi connectivity index (χ2n) is 7.89. The van der Waals surface area contributed by atoms with Crippen molar-refractivity contribution in [1.29, 1.82) is 0 Å². The van der Waals surface area contributed by atoms with Crippen molar-refractivity contribution in [3.8, 4) is 0 Å². The van der Waals surface area contributed by atoms with Gasteiger partial charge in [-0.2, -0.15) is 0 Å². The average Bonchev–Trinajstić information content (AvgIpc) is 3.49. The summed E-state index contributed by atoms with van der Waals surface area (Å²) in [7, 11) is 0. The SMILES string of the molecule is Cc1cccc(C2CCCCCN2C(=O)Nc2cnc(C)nc2C2CC2)c1. The Balaban J connectivity index is 1.59. The molecule has 0 bridgehead atoms. The van der Waals surface area contributed by atoms with Gasteiger partial charge in [0.1, 0.15) is 5.82 Å². The standard InChI is InChI=1S/C22H28N4O/c1-15-7-6-8-18(13-15)20-9-4-3-5-12-26(20)22(27)25-19-14-23-16(2)24-21(19)17-10-11-17/h6-8,13-14,17,20H,3-5,9-12H2,1-2H3,(H,25,27). The van der Waals surface area contributed by atoms with Crippen LogP contribution >= 0.6 is 0 Å². The number of nitrogens with one attached hydrogen (secondary N) is 1. The lowest BCUT2D eigenvalue weighted by molar-refractivity contribution is 0.189. The highest BCUT2D eigenvalue weighted by Crippen LogP contribution is 2.42. The topological polar surface area (TPSA) is 58.1 Å². The lowest BCUT2D eigenvalue weighted by Crippen LogP contribution is -2.38. The molecule has 2 aromatic rings. The maximum absolute atomic E-state index is 13.2. The number of nitrogens with zero attached hydrogens (tertiary/aromatic N) is 3. The predicted molar refractivity (Wildman–Crippen MR) is 107 cm³/mol. The number of aryl methyl sites for hydroxylation is 2. The lowest BCUT2D eigenvalue weighted by Gasteiger charge is -2.31. The number of aromatic nitrogens is 2. The van der Waals surface area contributed by atoms with E-state index >= 15 is 0 Å². The van der Waals surface area contributed by atoms with Gasteiger partial charge in [0.15, 0.2) is 0 Å². The van der Waals surface area contributed by atoms with E-state index in [9.17, 15) is 4.79 Å². The summed E-state index contributed by atoms with van der Waals surface area (Å²) < 4.78 is 0. The number of carbonyl (C=O) groups is 1. The van der Waals surface area contributed by atoms with Gasteiger partial charge in [-0.1, -0.05) is 42.7 Å². The summed E-state index contributed by atoms with van der Waals surface area (Å²) in [5.41, 5.74) is 4.24. The molecule has 2 fully saturated rings. The van der Waals surface area contributed by atoms with E-state index in [1.165, 1.54) is 17.5 Å². The highest BCUT2D eigenvalue weighted by Gasteiger charge is 2.31. The van der Waals surface area contributed by atoms with E-state index in [1.54, 1.807) is 6.20 Å². The van der Waals surface area contributed by atoms with E-state index in [4.69, 9.17) is 0 Å². The first-order valence-corrected chi connectivity index (χ1v) is 10.1. The molecule has 4 rings (SSSR count). The van der Waals surface area contributed by atoms with Crippen LogP contribution in [0.2, 0.25) is 0 Å². The maximum Gasteiger partial charge on any atom is 0.322 e. The van der Waals surface area contributed by atoms with Gasteiger partial charge in [0.25, 0.3) is 0 Å². The van der Waals surface area contributed by atoms with Crippen molar-refractivity contribution in [3.05, 3.63) is 53.1 Å². The van der Waals surface area contributed by atoms with Crippen LogP contribution in [0.4, 0.5) is 10.5 Å². The number of likely N-dealkylation sites (tertiary alicyclic amines) is 1. The number of benzene rings is 1. The van der Waals surface area contributed by atoms with Gasteiger partial charge in [-0.25, -0.2) is 14.8 Å². The molecule has 1 aromatic heterocycles. The Bertz CT molecular complexity index is 831. The van der Waals surface area contributed by atoms with E-state index in [0.29, 0.717) is 5.92 Å². The Labute approximate surface area is 161 Å². The fourth-order valence-electron chi connectivity index (χ4n) is 4.01. The Morgan fingerprint density at radius 1 is 1.15 bits per heavy atom. The van der Waals surface area contributed by atoms with Crippen LogP contribution < -0.4 is 5.32 Å². The first-order valence-electron chi connectivity index (χ1n) is 10.1. The first-order chi connectivity index (χ1) is 13.1. The quantitative estimate of drug-likeness (QED) is 0.822. The zero-order valence-electron chi connectivity index (χ0n) is 16.2. The molecule has 0 radical (unpaired) electrons. The largest absolute Gasteiger partial charge is 0.322 e. The Morgan fingerprint density at radius 2 is 2.00 bits per heavy atom. The van der Waals surface area contributed by atoms with Crippen molar-refractivity contribution in [3.63, 3.8) is 0 Å². The van der Waals surface area contributed by atoms with Crippen LogP contribution in [0.15, 0.2) is 30.5 Å². The number of hydrogen-bond donors (Lipinski definition) is 1. The van der Waals surface area contributed by atoms with Gasteiger partial charge in [-0.3, -0.25) is 0 Å². The molecule has 142 valence electrons. The van der Waals surface area contributed by atoms with Gasteiger partial charge in [-0.15, -0.1) is 0 Å². The summed E-state index contributed by atoms with van der Waals surface area (Å²) in [5, 5.41) is 3.13. The van der Waals surface area contributed by atoms with Crippen LogP contribution in [0.1, 0.15) is 73.1 Å². The first kappa shape index (κ1) is 18.0. The van der Waals surface area contributed by atoms with E-state index in [0.717, 1.165) is 55.9 Å². The molecule has 1 aromatic carbocycles. The molecule has 1 unspecified atom stereocenters. The second-order valence-corrected chi connectivity index (χ2v) is 7.89. The van der Waals surface area contributed by atoms with Gasteiger partial charge in [0, 0.05) is 12.5 Å². The maximum atomic E-state index is 13.2. The molecule has 2 aliphatic rings. The molecule has 5 heteroatoms. The van der Waals surface area contributed by atoms with Crippen molar-refractivity contribution < 1.29 is 4.79 Å². The third-order valence-electron chi connectivity index (χ3n) is 5.58. The molecule has 2 heterocycles. The summed E-state index contributed by atoms with van der Waals surface area (Å²) in [6.07, 6.45) is 8.46. The van der Waals surface area contributed by atoms with Crippen LogP contribution in [0.5, 0.6) is 0 Å². The van der Waals surface area contributed by atoms with Gasteiger partial charge < -0.3 is 10.2 Å². The monoisotopic (exact) mass is 364 g/mol. The van der Waals surface area contributed by atoms with Gasteiger partial charge >= 0.3 is 6.03 Å². The van der Waals surface area contributed by atoms with Gasteiger partial charge in [0.05, 0.1) is 23.6 Å². The molecule has 1 N–H and O–H groups in total. The Kier molecular flexibility index (Phi) is 5.10. The highest BCUT2D eigenvalue weighted by molar-refractivity contribution is 5.90. The van der Waals surface area contributed by atoms with Crippen LogP contribution in [0.25, 0.3) is 0 Å². The van der Waals surface area contributed by atoms with Crippen LogP contribution in [-0.4, -0.2) is 27.4 Å². The summed E-state index contributed by atoms with van der Waals surface area (Å²) in [5.74, 6) is 1.24. The number of hydrogen-bond acceptors (Lipinski definition) is 3. The normalized spacial score (nSPS) is 20.2. The third-order valence-corrected chi connectivity index (χ3v) is 5.58. The number of amides is 2. The Morgan fingerprint density at radius 3 is 2.78 bits per heavy atom. The molecular formula is C22H28N4O. The summed E-state index contributed by atoms with van der Waals surface area (Å²) in [6, 6.07) is 8.65. The zero-order chi connectivity index (χ0) is 18.8. The molecule has 1 atom stereocenters. The van der Waals surface area contributed by atoms with Crippen LogP contribution in [0.3, 0.4) is 0 Å². The second kappa shape index (κ2) is 7.67. The molecular weight excluding hydrogens is 336 g/mol. The molecule has 2 amide bonds. The van der Waals surface area contributed by atoms with E-state index in [1.807, 2.05) is 11.8 Å². The van der Waals surface area contributed by atoms with E-state index in [2.05, 4.69) is 46.5 Å². The van der Waals surface area contributed by atoms with E-state index in [-0.39, 0.29) is 12.1 Å². The third kappa shape index (κ3) is 4.12. The van der Waals surface area contributed by atoms with Gasteiger partial charge in [-0.05, 0) is 45.1 Å². The fraction of sp³-hybridized carbons (Fsp3) is 0.500. The Hall–Kier alpha value is -2.43.